The van der Waals surface area contributed by atoms with Crippen LogP contribution in [0.15, 0.2) is 42.5 Å². The fourth-order valence-electron chi connectivity index (χ4n) is 1.86. The molecule has 0 radical (unpaired) electrons. The maximum absolute atomic E-state index is 9.85. The van der Waals surface area contributed by atoms with Gasteiger partial charge in [0.15, 0.2) is 0 Å². The van der Waals surface area contributed by atoms with E-state index in [-0.39, 0.29) is 0 Å². The first-order valence-corrected chi connectivity index (χ1v) is 9.77. The predicted molar refractivity (Wildman–Crippen MR) is 114 cm³/mol. The third kappa shape index (κ3) is 8.33. The van der Waals surface area contributed by atoms with Gasteiger partial charge in [0.1, 0.15) is 4.84 Å². The molecule has 5 nitrogen and oxygen atoms in total. The topological polar surface area (TPSA) is 64.6 Å². The fourth-order valence-corrected chi connectivity index (χ4v) is 2.81. The van der Waals surface area contributed by atoms with Gasteiger partial charge in [0.2, 0.25) is 0 Å². The molecule has 2 aromatic rings. The predicted octanol–water partition coefficient (Wildman–Crippen LogP) is 6.85. The molecule has 2 aromatic carbocycles. The van der Waals surface area contributed by atoms with Crippen molar-refractivity contribution >= 4 is 81.3 Å². The second-order valence-corrected chi connectivity index (χ2v) is 7.64. The maximum Gasteiger partial charge on any atom is 0.352 e. The van der Waals surface area contributed by atoms with Crippen LogP contribution in [0.5, 0.6) is 0 Å². The highest BCUT2D eigenvalue weighted by molar-refractivity contribution is 6.48. The van der Waals surface area contributed by atoms with Crippen LogP contribution in [-0.4, -0.2) is 16.8 Å². The highest BCUT2D eigenvalue weighted by Crippen LogP contribution is 2.38. The van der Waals surface area contributed by atoms with Crippen molar-refractivity contribution in [3.63, 3.8) is 0 Å². The summed E-state index contributed by atoms with van der Waals surface area (Å²) in [7, 11) is 0. The lowest BCUT2D eigenvalue weighted by atomic mass is 10.1. The van der Waals surface area contributed by atoms with Crippen LogP contribution in [0.1, 0.15) is 24.8 Å². The summed E-state index contributed by atoms with van der Waals surface area (Å²) in [6.07, 6.45) is 0. The average Bonchev–Trinajstić information content (AvgIpc) is 2.63. The lowest BCUT2D eigenvalue weighted by molar-refractivity contribution is -0.255. The standard InChI is InChI=1S/C14H10Cl5N.C4H6O4/c15-9-5-3-6-10(16)13(9)20-11-7-2-1-4-8(11)12(17)14(18)19;1-3(5)7-8-4(2)6/h1-7,12,14,20H;1-2H3. The first kappa shape index (κ1) is 24.7. The summed E-state index contributed by atoms with van der Waals surface area (Å²) in [5, 5.41) is 3.68. The Balaban J connectivity index is 0.000000416. The molecule has 2 rings (SSSR count). The van der Waals surface area contributed by atoms with Gasteiger partial charge < -0.3 is 5.32 Å². The van der Waals surface area contributed by atoms with Crippen LogP contribution in [0.25, 0.3) is 0 Å². The van der Waals surface area contributed by atoms with Gasteiger partial charge in [0, 0.05) is 19.5 Å². The number of nitrogens with one attached hydrogen (secondary N) is 1. The smallest absolute Gasteiger partial charge is 0.352 e. The Hall–Kier alpha value is -1.37. The summed E-state index contributed by atoms with van der Waals surface area (Å²) in [5.74, 6) is -1.28. The molecule has 1 N–H and O–H groups in total. The first-order valence-electron chi connectivity index (χ1n) is 7.71. The number of carbonyl (C=O) groups is 2. The summed E-state index contributed by atoms with van der Waals surface area (Å²) >= 11 is 30.2. The van der Waals surface area contributed by atoms with E-state index in [2.05, 4.69) is 15.1 Å². The summed E-state index contributed by atoms with van der Waals surface area (Å²) in [6.45, 7) is 2.28. The molecule has 1 unspecified atom stereocenters. The number of anilines is 2. The number of alkyl halides is 3. The molecule has 0 saturated heterocycles. The fraction of sp³-hybridized carbons (Fsp3) is 0.222. The second kappa shape index (κ2) is 12.2. The summed E-state index contributed by atoms with van der Waals surface area (Å²) in [6, 6.07) is 12.7. The largest absolute Gasteiger partial charge is 0.353 e. The van der Waals surface area contributed by atoms with Crippen molar-refractivity contribution in [1.29, 1.82) is 0 Å². The number of halogens is 5. The van der Waals surface area contributed by atoms with E-state index in [0.29, 0.717) is 15.7 Å². The Morgan fingerprint density at radius 2 is 1.36 bits per heavy atom. The molecule has 0 spiro atoms. The lowest BCUT2D eigenvalue weighted by Gasteiger charge is -2.18. The monoisotopic (exact) mass is 485 g/mol. The van der Waals surface area contributed by atoms with E-state index in [4.69, 9.17) is 58.0 Å². The minimum Gasteiger partial charge on any atom is -0.353 e. The van der Waals surface area contributed by atoms with E-state index in [1.807, 2.05) is 24.3 Å². The normalized spacial score (nSPS) is 11.1. The summed E-state index contributed by atoms with van der Waals surface area (Å²) < 4.78 is 0. The van der Waals surface area contributed by atoms with E-state index in [1.54, 1.807) is 18.2 Å². The molecule has 28 heavy (non-hydrogen) atoms. The van der Waals surface area contributed by atoms with Gasteiger partial charge in [0.25, 0.3) is 0 Å². The molecular formula is C18H16Cl5NO4. The average molecular weight is 488 g/mol. The van der Waals surface area contributed by atoms with Crippen LogP contribution in [-0.2, 0) is 19.4 Å². The van der Waals surface area contributed by atoms with Gasteiger partial charge in [-0.1, -0.05) is 47.5 Å². The summed E-state index contributed by atoms with van der Waals surface area (Å²) in [5.41, 5.74) is 2.15. The van der Waals surface area contributed by atoms with E-state index in [9.17, 15) is 9.59 Å². The molecule has 152 valence electrons. The van der Waals surface area contributed by atoms with E-state index in [0.717, 1.165) is 25.1 Å². The van der Waals surface area contributed by atoms with Crippen LogP contribution in [0, 0.1) is 0 Å². The van der Waals surface area contributed by atoms with Gasteiger partial charge in [-0.05, 0) is 23.8 Å². The number of benzene rings is 2. The molecule has 10 heteroatoms. The number of hydrogen-bond acceptors (Lipinski definition) is 5. The Morgan fingerprint density at radius 1 is 0.857 bits per heavy atom. The molecule has 0 bridgehead atoms. The highest BCUT2D eigenvalue weighted by Gasteiger charge is 2.20. The Labute approximate surface area is 187 Å². The van der Waals surface area contributed by atoms with Crippen LogP contribution in [0.2, 0.25) is 10.0 Å². The number of carbonyl (C=O) groups excluding carboxylic acids is 2. The Morgan fingerprint density at radius 3 is 1.82 bits per heavy atom. The van der Waals surface area contributed by atoms with Crippen LogP contribution in [0.4, 0.5) is 11.4 Å². The molecule has 0 aliphatic carbocycles. The third-order valence-corrected chi connectivity index (χ3v) is 4.86. The van der Waals surface area contributed by atoms with Gasteiger partial charge in [0.05, 0.1) is 21.1 Å². The van der Waals surface area contributed by atoms with E-state index < -0.39 is 22.2 Å². The van der Waals surface area contributed by atoms with Gasteiger partial charge in [-0.3, -0.25) is 0 Å². The van der Waals surface area contributed by atoms with Gasteiger partial charge in [-0.25, -0.2) is 19.4 Å². The van der Waals surface area contributed by atoms with Crippen LogP contribution >= 0.6 is 58.0 Å². The van der Waals surface area contributed by atoms with Gasteiger partial charge in [-0.15, -0.1) is 34.8 Å². The van der Waals surface area contributed by atoms with Crippen molar-refractivity contribution in [3.8, 4) is 0 Å². The zero-order chi connectivity index (χ0) is 21.3. The zero-order valence-corrected chi connectivity index (χ0v) is 18.5. The molecular weight excluding hydrogens is 471 g/mol. The van der Waals surface area contributed by atoms with Crippen molar-refractivity contribution in [3.05, 3.63) is 58.1 Å². The number of rotatable bonds is 4. The quantitative estimate of drug-likeness (QED) is 0.290. The maximum atomic E-state index is 9.85. The van der Waals surface area contributed by atoms with Gasteiger partial charge in [-0.2, -0.15) is 0 Å². The van der Waals surface area contributed by atoms with Crippen molar-refractivity contribution < 1.29 is 19.4 Å². The molecule has 0 amide bonds. The SMILES string of the molecule is CC(=O)OOC(C)=O.Clc1cccc(Cl)c1Nc1ccccc1C(Cl)C(Cl)Cl. The Bertz CT molecular complexity index is 782. The van der Waals surface area contributed by atoms with E-state index >= 15 is 0 Å². The van der Waals surface area contributed by atoms with Crippen molar-refractivity contribution in [1.82, 2.24) is 0 Å². The minimum atomic E-state index is -0.721. The molecule has 0 saturated carbocycles. The number of hydrogen-bond donors (Lipinski definition) is 1. The molecule has 0 aliphatic heterocycles. The molecule has 0 aromatic heterocycles. The van der Waals surface area contributed by atoms with Crippen molar-refractivity contribution in [2.75, 3.05) is 5.32 Å². The summed E-state index contributed by atoms with van der Waals surface area (Å²) in [4.78, 5) is 26.6. The lowest BCUT2D eigenvalue weighted by Crippen LogP contribution is -2.04. The van der Waals surface area contributed by atoms with Crippen LogP contribution in [0.3, 0.4) is 0 Å². The highest BCUT2D eigenvalue weighted by atomic mass is 35.5. The second-order valence-electron chi connectivity index (χ2n) is 5.19. The first-order chi connectivity index (χ1) is 13.1. The third-order valence-electron chi connectivity index (χ3n) is 2.98. The van der Waals surface area contributed by atoms with Crippen molar-refractivity contribution in [2.45, 2.75) is 24.1 Å². The molecule has 0 aliphatic rings. The van der Waals surface area contributed by atoms with Crippen LogP contribution < -0.4 is 5.32 Å². The minimum absolute atomic E-state index is 0.520. The zero-order valence-electron chi connectivity index (χ0n) is 14.7. The van der Waals surface area contributed by atoms with E-state index in [1.165, 1.54) is 0 Å². The Kier molecular flexibility index (Phi) is 10.8. The molecule has 1 atom stereocenters. The van der Waals surface area contributed by atoms with Crippen molar-refractivity contribution in [2.24, 2.45) is 0 Å². The molecule has 0 heterocycles. The molecule has 0 fully saturated rings. The number of para-hydroxylation sites is 2. The van der Waals surface area contributed by atoms with Gasteiger partial charge >= 0.3 is 11.9 Å².